The molecule has 166 valence electrons. The molecule has 0 radical (unpaired) electrons. The summed E-state index contributed by atoms with van der Waals surface area (Å²) in [5.74, 6) is 0. The quantitative estimate of drug-likeness (QED) is 0.193. The Hall–Kier alpha value is -1.08. The fourth-order valence-electron chi connectivity index (χ4n) is 5.18. The van der Waals surface area contributed by atoms with Crippen molar-refractivity contribution in [2.75, 3.05) is 0 Å². The average molecular weight is 592 g/mol. The summed E-state index contributed by atoms with van der Waals surface area (Å²) in [6.45, 7) is 0. The van der Waals surface area contributed by atoms with Gasteiger partial charge in [0.1, 0.15) is 0 Å². The zero-order valence-corrected chi connectivity index (χ0v) is 23.4. The topological polar surface area (TPSA) is 0 Å². The van der Waals surface area contributed by atoms with E-state index in [4.69, 9.17) is 0 Å². The molecular formula is C28H22Cl4Zr. The van der Waals surface area contributed by atoms with Gasteiger partial charge in [0.05, 0.1) is 0 Å². The van der Waals surface area contributed by atoms with Crippen molar-refractivity contribution in [1.29, 1.82) is 0 Å². The Balaban J connectivity index is 0.00000109. The molecule has 2 aliphatic carbocycles. The fraction of sp³-hybridized carbons (Fsp3) is 0.143. The van der Waals surface area contributed by atoms with Crippen LogP contribution in [0.15, 0.2) is 84.9 Å². The van der Waals surface area contributed by atoms with Crippen molar-refractivity contribution in [2.45, 2.75) is 25.7 Å². The second kappa shape index (κ2) is 12.6. The SMILES string of the molecule is [Cl-].[Cl-].[Cl-].[Cl-].[Zr+4].c1ccc2c(c1)Cc1c(CCc3cccc4c3Cc3ccccc3-4)cccc1-2. The standard InChI is InChI=1S/C28H22.4ClH.Zr/c1-3-11-23-21(7-1)17-27-19(9-5-13-25(23)27)15-16-20-10-6-14-26-24-12-4-2-8-22(24)18-28(20)26;;;;;/h1-14H,15-18H2;4*1H;/q;;;;;+4/p-4. The van der Waals surface area contributed by atoms with Crippen molar-refractivity contribution >= 4 is 0 Å². The Kier molecular flexibility index (Phi) is 11.4. The van der Waals surface area contributed by atoms with E-state index in [0.717, 1.165) is 25.7 Å². The molecule has 0 fully saturated rings. The molecule has 0 nitrogen and oxygen atoms in total. The Morgan fingerprint density at radius 3 is 1.21 bits per heavy atom. The van der Waals surface area contributed by atoms with Gasteiger partial charge in [0.15, 0.2) is 0 Å². The van der Waals surface area contributed by atoms with Crippen LogP contribution in [0, 0.1) is 0 Å². The van der Waals surface area contributed by atoms with Gasteiger partial charge in [-0.2, -0.15) is 0 Å². The molecule has 0 aliphatic heterocycles. The Morgan fingerprint density at radius 1 is 0.424 bits per heavy atom. The average Bonchev–Trinajstić information content (AvgIpc) is 3.31. The summed E-state index contributed by atoms with van der Waals surface area (Å²) in [7, 11) is 0. The predicted octanol–water partition coefficient (Wildman–Crippen LogP) is -5.37. The molecule has 0 heterocycles. The Bertz CT molecular complexity index is 1140. The molecule has 0 N–H and O–H groups in total. The van der Waals surface area contributed by atoms with E-state index in [0.29, 0.717) is 0 Å². The van der Waals surface area contributed by atoms with E-state index in [-0.39, 0.29) is 75.8 Å². The molecule has 6 rings (SSSR count). The molecule has 2 aliphatic rings. The Labute approximate surface area is 240 Å². The minimum absolute atomic E-state index is 0. The van der Waals surface area contributed by atoms with Crippen LogP contribution < -0.4 is 49.6 Å². The van der Waals surface area contributed by atoms with Gasteiger partial charge in [-0.15, -0.1) is 0 Å². The maximum Gasteiger partial charge on any atom is 4.00 e. The van der Waals surface area contributed by atoms with Crippen molar-refractivity contribution < 1.29 is 75.8 Å². The van der Waals surface area contributed by atoms with Crippen LogP contribution in [0.5, 0.6) is 0 Å². The van der Waals surface area contributed by atoms with Crippen LogP contribution in [-0.2, 0) is 51.9 Å². The first-order valence-corrected chi connectivity index (χ1v) is 10.3. The van der Waals surface area contributed by atoms with Crippen molar-refractivity contribution in [3.8, 4) is 22.3 Å². The second-order valence-corrected chi connectivity index (χ2v) is 8.05. The molecule has 0 bridgehead atoms. The number of hydrogen-bond acceptors (Lipinski definition) is 0. The molecule has 5 heteroatoms. The van der Waals surface area contributed by atoms with Crippen molar-refractivity contribution in [2.24, 2.45) is 0 Å². The van der Waals surface area contributed by atoms with E-state index in [1.54, 1.807) is 11.1 Å². The van der Waals surface area contributed by atoms with Gasteiger partial charge in [-0.3, -0.25) is 0 Å². The molecule has 0 aromatic heterocycles. The van der Waals surface area contributed by atoms with E-state index in [1.165, 1.54) is 44.5 Å². The van der Waals surface area contributed by atoms with Crippen LogP contribution >= 0.6 is 0 Å². The summed E-state index contributed by atoms with van der Waals surface area (Å²) in [6, 6.07) is 31.5. The molecule has 33 heavy (non-hydrogen) atoms. The smallest absolute Gasteiger partial charge is 1.00 e. The van der Waals surface area contributed by atoms with E-state index in [1.807, 2.05) is 0 Å². The molecule has 4 aromatic carbocycles. The number of rotatable bonds is 3. The number of fused-ring (bicyclic) bond motifs is 6. The third kappa shape index (κ3) is 5.29. The molecule has 0 spiro atoms. The van der Waals surface area contributed by atoms with E-state index in [9.17, 15) is 0 Å². The number of hydrogen-bond donors (Lipinski definition) is 0. The van der Waals surface area contributed by atoms with Crippen LogP contribution in [0.4, 0.5) is 0 Å². The number of benzene rings is 4. The van der Waals surface area contributed by atoms with Crippen molar-refractivity contribution in [3.63, 3.8) is 0 Å². The predicted molar refractivity (Wildman–Crippen MR) is 117 cm³/mol. The molecule has 0 saturated heterocycles. The van der Waals surface area contributed by atoms with Crippen LogP contribution in [0.3, 0.4) is 0 Å². The van der Waals surface area contributed by atoms with Crippen LogP contribution in [0.1, 0.15) is 33.4 Å². The molecule has 0 unspecified atom stereocenters. The van der Waals surface area contributed by atoms with Gasteiger partial charge in [0, 0.05) is 0 Å². The van der Waals surface area contributed by atoms with E-state index in [2.05, 4.69) is 84.9 Å². The van der Waals surface area contributed by atoms with E-state index >= 15 is 0 Å². The summed E-state index contributed by atoms with van der Waals surface area (Å²) in [4.78, 5) is 0. The van der Waals surface area contributed by atoms with Crippen LogP contribution in [0.25, 0.3) is 22.3 Å². The number of halogens is 4. The summed E-state index contributed by atoms with van der Waals surface area (Å²) in [6.07, 6.45) is 4.40. The molecule has 0 atom stereocenters. The molecule has 4 aromatic rings. The van der Waals surface area contributed by atoms with E-state index < -0.39 is 0 Å². The third-order valence-electron chi connectivity index (χ3n) is 6.56. The number of aryl methyl sites for hydroxylation is 2. The molecular weight excluding hydrogens is 569 g/mol. The summed E-state index contributed by atoms with van der Waals surface area (Å²) >= 11 is 0. The van der Waals surface area contributed by atoms with Gasteiger partial charge in [-0.05, 0) is 81.3 Å². The van der Waals surface area contributed by atoms with Gasteiger partial charge in [-0.1, -0.05) is 84.9 Å². The molecule has 0 saturated carbocycles. The fourth-order valence-corrected chi connectivity index (χ4v) is 5.18. The molecule has 0 amide bonds. The first-order chi connectivity index (χ1) is 13.9. The van der Waals surface area contributed by atoms with Gasteiger partial charge < -0.3 is 49.6 Å². The minimum Gasteiger partial charge on any atom is -1.00 e. The van der Waals surface area contributed by atoms with Gasteiger partial charge in [0.2, 0.25) is 0 Å². The van der Waals surface area contributed by atoms with Gasteiger partial charge in [0.25, 0.3) is 0 Å². The zero-order chi connectivity index (χ0) is 18.5. The summed E-state index contributed by atoms with van der Waals surface area (Å²) in [5, 5.41) is 0. The normalized spacial score (nSPS) is 11.0. The third-order valence-corrected chi connectivity index (χ3v) is 6.56. The maximum atomic E-state index is 2.34. The summed E-state index contributed by atoms with van der Waals surface area (Å²) < 4.78 is 0. The van der Waals surface area contributed by atoms with Gasteiger partial charge in [-0.25, -0.2) is 0 Å². The maximum absolute atomic E-state index is 2.34. The van der Waals surface area contributed by atoms with Crippen LogP contribution in [-0.4, -0.2) is 0 Å². The first kappa shape index (κ1) is 30.0. The second-order valence-electron chi connectivity index (χ2n) is 8.05. The first-order valence-electron chi connectivity index (χ1n) is 10.3. The van der Waals surface area contributed by atoms with Crippen molar-refractivity contribution in [3.05, 3.63) is 118 Å². The minimum atomic E-state index is 0. The zero-order valence-electron chi connectivity index (χ0n) is 17.9. The monoisotopic (exact) mass is 588 g/mol. The van der Waals surface area contributed by atoms with Crippen LogP contribution in [0.2, 0.25) is 0 Å². The Morgan fingerprint density at radius 2 is 0.788 bits per heavy atom. The largest absolute Gasteiger partial charge is 4.00 e. The van der Waals surface area contributed by atoms with Crippen molar-refractivity contribution in [1.82, 2.24) is 0 Å². The van der Waals surface area contributed by atoms with Gasteiger partial charge >= 0.3 is 26.2 Å². The summed E-state index contributed by atoms with van der Waals surface area (Å²) in [5.41, 5.74) is 14.8.